The number of carboxylic acid groups (broad SMARTS) is 1. The maximum absolute atomic E-state index is 11.4. The Morgan fingerprint density at radius 3 is 2.56 bits per heavy atom. The minimum absolute atomic E-state index is 0.145. The highest BCUT2D eigenvalue weighted by Gasteiger charge is 2.16. The Labute approximate surface area is 96.4 Å². The molecule has 0 saturated heterocycles. The van der Waals surface area contributed by atoms with Crippen molar-refractivity contribution < 1.29 is 14.7 Å². The number of amides is 1. The second kappa shape index (κ2) is 6.51. The van der Waals surface area contributed by atoms with E-state index in [4.69, 9.17) is 5.11 Å². The molecule has 4 nitrogen and oxygen atoms in total. The third-order valence-electron chi connectivity index (χ3n) is 3.24. The molecule has 16 heavy (non-hydrogen) atoms. The van der Waals surface area contributed by atoms with Crippen molar-refractivity contribution in [3.8, 4) is 0 Å². The normalized spacial score (nSPS) is 18.3. The highest BCUT2D eigenvalue weighted by atomic mass is 16.4. The van der Waals surface area contributed by atoms with E-state index >= 15 is 0 Å². The van der Waals surface area contributed by atoms with E-state index < -0.39 is 12.0 Å². The van der Waals surface area contributed by atoms with Crippen molar-refractivity contribution in [2.75, 3.05) is 0 Å². The largest absolute Gasteiger partial charge is 0.480 e. The first-order valence-corrected chi connectivity index (χ1v) is 6.11. The maximum Gasteiger partial charge on any atom is 0.325 e. The van der Waals surface area contributed by atoms with Gasteiger partial charge in [-0.15, -0.1) is 0 Å². The molecule has 1 atom stereocenters. The van der Waals surface area contributed by atoms with Crippen LogP contribution >= 0.6 is 0 Å². The zero-order valence-electron chi connectivity index (χ0n) is 9.87. The van der Waals surface area contributed by atoms with Gasteiger partial charge < -0.3 is 10.4 Å². The molecule has 0 aromatic carbocycles. The van der Waals surface area contributed by atoms with Crippen molar-refractivity contribution in [1.82, 2.24) is 5.32 Å². The van der Waals surface area contributed by atoms with Gasteiger partial charge in [-0.3, -0.25) is 9.59 Å². The number of rotatable bonds is 6. The predicted octanol–water partition coefficient (Wildman–Crippen LogP) is 1.94. The lowest BCUT2D eigenvalue weighted by Gasteiger charge is -2.10. The SMILES string of the molecule is C[C@H](NC(=O)CCCC1CCCC1)C(=O)O. The molecule has 1 amide bonds. The van der Waals surface area contributed by atoms with Crippen LogP contribution in [0.5, 0.6) is 0 Å². The van der Waals surface area contributed by atoms with Crippen LogP contribution in [-0.2, 0) is 9.59 Å². The van der Waals surface area contributed by atoms with Crippen LogP contribution in [-0.4, -0.2) is 23.0 Å². The molecule has 0 spiro atoms. The third kappa shape index (κ3) is 4.64. The van der Waals surface area contributed by atoms with Gasteiger partial charge in [-0.2, -0.15) is 0 Å². The van der Waals surface area contributed by atoms with Gasteiger partial charge >= 0.3 is 5.97 Å². The van der Waals surface area contributed by atoms with Crippen LogP contribution in [0.4, 0.5) is 0 Å². The van der Waals surface area contributed by atoms with E-state index in [0.29, 0.717) is 6.42 Å². The van der Waals surface area contributed by atoms with Crippen LogP contribution in [0.2, 0.25) is 0 Å². The lowest BCUT2D eigenvalue weighted by Crippen LogP contribution is -2.38. The summed E-state index contributed by atoms with van der Waals surface area (Å²) in [6.07, 6.45) is 7.69. The lowest BCUT2D eigenvalue weighted by molar-refractivity contribution is -0.141. The van der Waals surface area contributed by atoms with Crippen LogP contribution in [0, 0.1) is 5.92 Å². The molecule has 1 aliphatic carbocycles. The van der Waals surface area contributed by atoms with E-state index in [1.54, 1.807) is 0 Å². The molecule has 1 fully saturated rings. The average molecular weight is 227 g/mol. The standard InChI is InChI=1S/C12H21NO3/c1-9(12(15)16)13-11(14)8-4-7-10-5-2-3-6-10/h9-10H,2-8H2,1H3,(H,13,14)(H,15,16)/t9-/m0/s1. The molecule has 2 N–H and O–H groups in total. The summed E-state index contributed by atoms with van der Waals surface area (Å²) in [6.45, 7) is 1.48. The first-order chi connectivity index (χ1) is 7.59. The van der Waals surface area contributed by atoms with Crippen LogP contribution in [0.3, 0.4) is 0 Å². The Bertz CT molecular complexity index is 247. The van der Waals surface area contributed by atoms with Crippen molar-refractivity contribution in [1.29, 1.82) is 0 Å². The molecule has 0 bridgehead atoms. The van der Waals surface area contributed by atoms with Gasteiger partial charge in [0.05, 0.1) is 0 Å². The topological polar surface area (TPSA) is 66.4 Å². The van der Waals surface area contributed by atoms with Gasteiger partial charge in [-0.05, 0) is 25.7 Å². The third-order valence-corrected chi connectivity index (χ3v) is 3.24. The zero-order chi connectivity index (χ0) is 12.0. The van der Waals surface area contributed by atoms with Crippen LogP contribution in [0.1, 0.15) is 51.9 Å². The summed E-state index contributed by atoms with van der Waals surface area (Å²) >= 11 is 0. The van der Waals surface area contributed by atoms with E-state index in [2.05, 4.69) is 5.32 Å². The Kier molecular flexibility index (Phi) is 5.29. The number of carbonyl (C=O) groups excluding carboxylic acids is 1. The summed E-state index contributed by atoms with van der Waals surface area (Å²) in [5.74, 6) is -0.332. The van der Waals surface area contributed by atoms with Crippen LogP contribution in [0.15, 0.2) is 0 Å². The van der Waals surface area contributed by atoms with Crippen molar-refractivity contribution in [3.63, 3.8) is 0 Å². The average Bonchev–Trinajstić information content (AvgIpc) is 2.70. The summed E-state index contributed by atoms with van der Waals surface area (Å²) in [6, 6.07) is -0.779. The Hall–Kier alpha value is -1.06. The van der Waals surface area contributed by atoms with Gasteiger partial charge in [0, 0.05) is 6.42 Å². The van der Waals surface area contributed by atoms with Gasteiger partial charge in [-0.25, -0.2) is 0 Å². The molecule has 0 unspecified atom stereocenters. The fourth-order valence-corrected chi connectivity index (χ4v) is 2.23. The molecule has 0 heterocycles. The summed E-state index contributed by atoms with van der Waals surface area (Å²) in [5.41, 5.74) is 0. The lowest BCUT2D eigenvalue weighted by atomic mass is 10.0. The van der Waals surface area contributed by atoms with E-state index in [1.807, 2.05) is 0 Å². The number of hydrogen-bond donors (Lipinski definition) is 2. The quantitative estimate of drug-likeness (QED) is 0.728. The van der Waals surface area contributed by atoms with E-state index in [0.717, 1.165) is 18.8 Å². The Balaban J connectivity index is 2.07. The summed E-state index contributed by atoms with van der Waals surface area (Å²) in [5, 5.41) is 11.1. The minimum Gasteiger partial charge on any atom is -0.480 e. The second-order valence-electron chi connectivity index (χ2n) is 4.67. The van der Waals surface area contributed by atoms with Crippen LogP contribution < -0.4 is 5.32 Å². The molecular formula is C12H21NO3. The molecule has 1 rings (SSSR count). The summed E-state index contributed by atoms with van der Waals surface area (Å²) < 4.78 is 0. The minimum atomic E-state index is -0.982. The molecule has 4 heteroatoms. The van der Waals surface area contributed by atoms with E-state index in [-0.39, 0.29) is 5.91 Å². The summed E-state index contributed by atoms with van der Waals surface area (Å²) in [4.78, 5) is 21.9. The highest BCUT2D eigenvalue weighted by molar-refractivity contribution is 5.83. The second-order valence-corrected chi connectivity index (χ2v) is 4.67. The molecule has 1 aliphatic rings. The molecular weight excluding hydrogens is 206 g/mol. The number of carbonyl (C=O) groups is 2. The fraction of sp³-hybridized carbons (Fsp3) is 0.833. The van der Waals surface area contributed by atoms with Gasteiger partial charge in [0.15, 0.2) is 0 Å². The summed E-state index contributed by atoms with van der Waals surface area (Å²) in [7, 11) is 0. The molecule has 92 valence electrons. The smallest absolute Gasteiger partial charge is 0.325 e. The van der Waals surface area contributed by atoms with Gasteiger partial charge in [-0.1, -0.05) is 25.7 Å². The predicted molar refractivity (Wildman–Crippen MR) is 61.0 cm³/mol. The zero-order valence-corrected chi connectivity index (χ0v) is 9.87. The maximum atomic E-state index is 11.4. The molecule has 0 aliphatic heterocycles. The monoisotopic (exact) mass is 227 g/mol. The number of hydrogen-bond acceptors (Lipinski definition) is 2. The number of carboxylic acids is 1. The molecule has 0 aromatic heterocycles. The first kappa shape index (κ1) is 13.0. The number of nitrogens with one attached hydrogen (secondary N) is 1. The van der Waals surface area contributed by atoms with E-state index in [1.165, 1.54) is 32.6 Å². The Morgan fingerprint density at radius 1 is 1.38 bits per heavy atom. The molecule has 0 radical (unpaired) electrons. The fourth-order valence-electron chi connectivity index (χ4n) is 2.23. The van der Waals surface area contributed by atoms with Gasteiger partial charge in [0.1, 0.15) is 6.04 Å². The van der Waals surface area contributed by atoms with Crippen molar-refractivity contribution >= 4 is 11.9 Å². The van der Waals surface area contributed by atoms with Gasteiger partial charge in [0.25, 0.3) is 0 Å². The Morgan fingerprint density at radius 2 is 2.00 bits per heavy atom. The number of aliphatic carboxylic acids is 1. The van der Waals surface area contributed by atoms with Crippen molar-refractivity contribution in [2.24, 2.45) is 5.92 Å². The van der Waals surface area contributed by atoms with Crippen molar-refractivity contribution in [3.05, 3.63) is 0 Å². The first-order valence-electron chi connectivity index (χ1n) is 6.11. The highest BCUT2D eigenvalue weighted by Crippen LogP contribution is 2.28. The van der Waals surface area contributed by atoms with Gasteiger partial charge in [0.2, 0.25) is 5.91 Å². The van der Waals surface area contributed by atoms with Crippen LogP contribution in [0.25, 0.3) is 0 Å². The molecule has 1 saturated carbocycles. The molecule has 0 aromatic rings. The van der Waals surface area contributed by atoms with Crippen molar-refractivity contribution in [2.45, 2.75) is 57.9 Å². The van der Waals surface area contributed by atoms with E-state index in [9.17, 15) is 9.59 Å².